The Morgan fingerprint density at radius 1 is 1.25 bits per heavy atom. The fraction of sp³-hybridized carbons (Fsp3) is 0.348. The molecule has 2 N–H and O–H groups in total. The van der Waals surface area contributed by atoms with Crippen LogP contribution in [0.1, 0.15) is 5.56 Å². The lowest BCUT2D eigenvalue weighted by Gasteiger charge is -2.24. The minimum Gasteiger partial charge on any atom is -0.370 e. The molecule has 1 amide bonds. The maximum absolute atomic E-state index is 13.2. The smallest absolute Gasteiger partial charge is 0.262 e. The molecule has 1 aliphatic rings. The van der Waals surface area contributed by atoms with Gasteiger partial charge in [-0.3, -0.25) is 14.2 Å². The number of nitrogens with zero attached hydrogens (tertiary/aromatic N) is 2. The standard InChI is InChI=1S/C23H25ClN4O3S/c1-16-6-7-17(14-19(16)24)25-21(29)15-32-23-26-20-5-3-2-4-18(20)22(30)28(23)9-8-27-10-12-31-13-11-27/h2-7,14H,8-13,15H2,1H3,(H,25,29)/p+1. The number of amides is 1. The Hall–Kier alpha value is -2.39. The third-order valence-electron chi connectivity index (χ3n) is 5.50. The summed E-state index contributed by atoms with van der Waals surface area (Å²) in [6, 6.07) is 12.7. The summed E-state index contributed by atoms with van der Waals surface area (Å²) in [6.45, 7) is 6.61. The third-order valence-corrected chi connectivity index (χ3v) is 6.89. The van der Waals surface area contributed by atoms with Crippen LogP contribution in [0.25, 0.3) is 10.9 Å². The lowest BCUT2D eigenvalue weighted by molar-refractivity contribution is -0.908. The van der Waals surface area contributed by atoms with E-state index >= 15 is 0 Å². The van der Waals surface area contributed by atoms with Gasteiger partial charge >= 0.3 is 0 Å². The number of thioether (sulfide) groups is 1. The molecule has 0 saturated carbocycles. The van der Waals surface area contributed by atoms with Gasteiger partial charge in [0.2, 0.25) is 5.91 Å². The van der Waals surface area contributed by atoms with Crippen molar-refractivity contribution < 1.29 is 14.4 Å². The van der Waals surface area contributed by atoms with Crippen LogP contribution in [0.4, 0.5) is 5.69 Å². The highest BCUT2D eigenvalue weighted by Crippen LogP contribution is 2.21. The van der Waals surface area contributed by atoms with E-state index in [0.717, 1.165) is 38.4 Å². The van der Waals surface area contributed by atoms with Crippen molar-refractivity contribution in [3.05, 3.63) is 63.4 Å². The molecule has 4 rings (SSSR count). The maximum atomic E-state index is 13.2. The van der Waals surface area contributed by atoms with E-state index in [2.05, 4.69) is 5.32 Å². The number of halogens is 1. The van der Waals surface area contributed by atoms with Gasteiger partial charge in [-0.25, -0.2) is 4.98 Å². The van der Waals surface area contributed by atoms with Gasteiger partial charge < -0.3 is 15.0 Å². The fourth-order valence-corrected chi connectivity index (χ4v) is 4.64. The summed E-state index contributed by atoms with van der Waals surface area (Å²) < 4.78 is 7.13. The molecule has 3 aromatic rings. The molecule has 0 unspecified atom stereocenters. The fourth-order valence-electron chi connectivity index (χ4n) is 3.63. The molecule has 1 saturated heterocycles. The predicted molar refractivity (Wildman–Crippen MR) is 128 cm³/mol. The SMILES string of the molecule is Cc1ccc(NC(=O)CSc2nc3ccccc3c(=O)n2CC[NH+]2CCOCC2)cc1Cl. The van der Waals surface area contributed by atoms with E-state index in [-0.39, 0.29) is 17.2 Å². The normalized spacial score (nSPS) is 14.6. The highest BCUT2D eigenvalue weighted by molar-refractivity contribution is 7.99. The van der Waals surface area contributed by atoms with Gasteiger partial charge in [-0.15, -0.1) is 0 Å². The van der Waals surface area contributed by atoms with E-state index in [1.54, 1.807) is 16.7 Å². The number of hydrogen-bond donors (Lipinski definition) is 2. The second kappa shape index (κ2) is 10.5. The first kappa shape index (κ1) is 22.8. The van der Waals surface area contributed by atoms with Gasteiger partial charge in [0.1, 0.15) is 13.1 Å². The van der Waals surface area contributed by atoms with Crippen molar-refractivity contribution in [2.24, 2.45) is 0 Å². The summed E-state index contributed by atoms with van der Waals surface area (Å²) in [7, 11) is 0. The summed E-state index contributed by atoms with van der Waals surface area (Å²) in [6.07, 6.45) is 0. The zero-order valence-electron chi connectivity index (χ0n) is 17.9. The Morgan fingerprint density at radius 2 is 2.03 bits per heavy atom. The Bertz CT molecular complexity index is 1180. The van der Waals surface area contributed by atoms with Crippen LogP contribution in [-0.4, -0.2) is 54.1 Å². The zero-order valence-corrected chi connectivity index (χ0v) is 19.5. The van der Waals surface area contributed by atoms with Crippen LogP contribution in [0, 0.1) is 6.92 Å². The summed E-state index contributed by atoms with van der Waals surface area (Å²) >= 11 is 7.42. The van der Waals surface area contributed by atoms with Gasteiger partial charge in [0, 0.05) is 10.7 Å². The molecule has 1 fully saturated rings. The molecule has 1 aromatic heterocycles. The molecular weight excluding hydrogens is 448 g/mol. The van der Waals surface area contributed by atoms with E-state index in [1.807, 2.05) is 37.3 Å². The number of benzene rings is 2. The molecule has 1 aliphatic heterocycles. The number of rotatable bonds is 7. The quantitative estimate of drug-likeness (QED) is 0.405. The third kappa shape index (κ3) is 5.50. The number of nitrogens with one attached hydrogen (secondary N) is 2. The molecular formula is C23H26ClN4O3S+. The molecule has 0 radical (unpaired) electrons. The Morgan fingerprint density at radius 3 is 2.81 bits per heavy atom. The molecule has 32 heavy (non-hydrogen) atoms. The highest BCUT2D eigenvalue weighted by atomic mass is 35.5. The number of anilines is 1. The zero-order chi connectivity index (χ0) is 22.5. The Balaban J connectivity index is 1.51. The van der Waals surface area contributed by atoms with Crippen LogP contribution in [0.5, 0.6) is 0 Å². The minimum absolute atomic E-state index is 0.0727. The number of aromatic nitrogens is 2. The van der Waals surface area contributed by atoms with Crippen LogP contribution < -0.4 is 15.8 Å². The number of carbonyl (C=O) groups is 1. The van der Waals surface area contributed by atoms with Crippen molar-refractivity contribution in [3.8, 4) is 0 Å². The van der Waals surface area contributed by atoms with Gasteiger partial charge in [0.05, 0.1) is 43.0 Å². The molecule has 2 aromatic carbocycles. The monoisotopic (exact) mass is 473 g/mol. The van der Waals surface area contributed by atoms with E-state index in [1.165, 1.54) is 16.7 Å². The van der Waals surface area contributed by atoms with Gasteiger partial charge in [0.25, 0.3) is 5.56 Å². The molecule has 7 nitrogen and oxygen atoms in total. The number of para-hydroxylation sites is 1. The first-order valence-electron chi connectivity index (χ1n) is 10.6. The van der Waals surface area contributed by atoms with Crippen molar-refractivity contribution in [3.63, 3.8) is 0 Å². The summed E-state index contributed by atoms with van der Waals surface area (Å²) in [4.78, 5) is 31.8. The average Bonchev–Trinajstić information content (AvgIpc) is 2.80. The lowest BCUT2D eigenvalue weighted by Crippen LogP contribution is -3.14. The van der Waals surface area contributed by atoms with Crippen LogP contribution in [0.2, 0.25) is 5.02 Å². The van der Waals surface area contributed by atoms with E-state index in [0.29, 0.717) is 33.3 Å². The van der Waals surface area contributed by atoms with Gasteiger partial charge in [-0.2, -0.15) is 0 Å². The van der Waals surface area contributed by atoms with Crippen LogP contribution >= 0.6 is 23.4 Å². The number of quaternary nitrogens is 1. The number of morpholine rings is 1. The molecule has 168 valence electrons. The van der Waals surface area contributed by atoms with Crippen LogP contribution in [0.3, 0.4) is 0 Å². The molecule has 0 spiro atoms. The van der Waals surface area contributed by atoms with Crippen molar-refractivity contribution in [1.29, 1.82) is 0 Å². The first-order valence-corrected chi connectivity index (χ1v) is 12.0. The molecule has 2 heterocycles. The second-order valence-corrected chi connectivity index (χ2v) is 9.13. The van der Waals surface area contributed by atoms with Gasteiger partial charge in [0.15, 0.2) is 5.16 Å². The molecule has 0 bridgehead atoms. The summed E-state index contributed by atoms with van der Waals surface area (Å²) in [5, 5.41) is 4.61. The largest absolute Gasteiger partial charge is 0.370 e. The molecule has 0 aliphatic carbocycles. The highest BCUT2D eigenvalue weighted by Gasteiger charge is 2.18. The summed E-state index contributed by atoms with van der Waals surface area (Å²) in [5.74, 6) is -0.0385. The van der Waals surface area contributed by atoms with Crippen LogP contribution in [-0.2, 0) is 16.1 Å². The second-order valence-electron chi connectivity index (χ2n) is 7.78. The first-order chi connectivity index (χ1) is 15.5. The van der Waals surface area contributed by atoms with E-state index < -0.39 is 0 Å². The average molecular weight is 474 g/mol. The molecule has 0 atom stereocenters. The lowest BCUT2D eigenvalue weighted by atomic mass is 10.2. The summed E-state index contributed by atoms with van der Waals surface area (Å²) in [5.41, 5.74) is 2.16. The van der Waals surface area contributed by atoms with E-state index in [9.17, 15) is 9.59 Å². The number of aryl methyl sites for hydroxylation is 1. The van der Waals surface area contributed by atoms with Crippen LogP contribution in [0.15, 0.2) is 52.4 Å². The van der Waals surface area contributed by atoms with Gasteiger partial charge in [-0.1, -0.05) is 41.6 Å². The number of fused-ring (bicyclic) bond motifs is 1. The molecule has 9 heteroatoms. The topological polar surface area (TPSA) is 77.7 Å². The van der Waals surface area contributed by atoms with Crippen molar-refractivity contribution in [2.45, 2.75) is 18.6 Å². The van der Waals surface area contributed by atoms with Crippen molar-refractivity contribution in [1.82, 2.24) is 9.55 Å². The Kier molecular flexibility index (Phi) is 7.47. The number of carbonyl (C=O) groups excluding carboxylic acids is 1. The minimum atomic E-state index is -0.178. The maximum Gasteiger partial charge on any atom is 0.262 e. The van der Waals surface area contributed by atoms with Crippen molar-refractivity contribution >= 4 is 45.9 Å². The van der Waals surface area contributed by atoms with E-state index in [4.69, 9.17) is 21.3 Å². The van der Waals surface area contributed by atoms with Gasteiger partial charge in [-0.05, 0) is 36.8 Å². The number of hydrogen-bond acceptors (Lipinski definition) is 5. The Labute approximate surface area is 195 Å². The van der Waals surface area contributed by atoms with Crippen molar-refractivity contribution in [2.75, 3.05) is 43.9 Å². The predicted octanol–water partition coefficient (Wildman–Crippen LogP) is 2.00. The number of ether oxygens (including phenoxy) is 1.